The van der Waals surface area contributed by atoms with E-state index in [4.69, 9.17) is 5.73 Å². The zero-order valence-electron chi connectivity index (χ0n) is 9.16. The van der Waals surface area contributed by atoms with Crippen LogP contribution in [0, 0.1) is 0 Å². The largest absolute Gasteiger partial charge is 0.329 e. The van der Waals surface area contributed by atoms with Crippen molar-refractivity contribution in [2.45, 2.75) is 18.6 Å². The highest BCUT2D eigenvalue weighted by molar-refractivity contribution is 7.90. The molecule has 0 spiro atoms. The Balaban J connectivity index is 4.07. The van der Waals surface area contributed by atoms with Gasteiger partial charge in [-0.2, -0.15) is 0 Å². The summed E-state index contributed by atoms with van der Waals surface area (Å²) in [6.45, 7) is 3.13. The number of likely N-dealkylation sites (N-methyl/N-ethyl adjacent to an activating group) is 1. The molecule has 86 valence electrons. The van der Waals surface area contributed by atoms with Gasteiger partial charge in [-0.1, -0.05) is 6.92 Å². The van der Waals surface area contributed by atoms with Crippen LogP contribution in [0.25, 0.3) is 0 Å². The van der Waals surface area contributed by atoms with Crippen LogP contribution in [0.1, 0.15) is 13.3 Å². The molecule has 1 unspecified atom stereocenters. The summed E-state index contributed by atoms with van der Waals surface area (Å²) in [5.41, 5.74) is 5.37. The van der Waals surface area contributed by atoms with Crippen LogP contribution in [0.5, 0.6) is 0 Å². The van der Waals surface area contributed by atoms with Gasteiger partial charge in [-0.05, 0) is 20.5 Å². The molecule has 1 atom stereocenters. The average molecular weight is 223 g/mol. The second-order valence-corrected chi connectivity index (χ2v) is 5.55. The number of nitrogens with zero attached hydrogens (tertiary/aromatic N) is 1. The SMILES string of the molecule is CCC(CN)S(=O)(=O)NCCN(C)C. The lowest BCUT2D eigenvalue weighted by molar-refractivity contribution is 0.411. The predicted molar refractivity (Wildman–Crippen MR) is 58.6 cm³/mol. The topological polar surface area (TPSA) is 75.4 Å². The molecular formula is C8H21N3O2S. The van der Waals surface area contributed by atoms with Crippen LogP contribution in [0.4, 0.5) is 0 Å². The molecule has 0 aromatic heterocycles. The third-order valence-electron chi connectivity index (χ3n) is 2.02. The molecule has 0 bridgehead atoms. The van der Waals surface area contributed by atoms with E-state index in [9.17, 15) is 8.42 Å². The smallest absolute Gasteiger partial charge is 0.215 e. The van der Waals surface area contributed by atoms with Crippen molar-refractivity contribution in [3.8, 4) is 0 Å². The number of nitrogens with one attached hydrogen (secondary N) is 1. The van der Waals surface area contributed by atoms with Crippen LogP contribution in [0.15, 0.2) is 0 Å². The summed E-state index contributed by atoms with van der Waals surface area (Å²) in [4.78, 5) is 1.92. The first-order chi connectivity index (χ1) is 6.44. The van der Waals surface area contributed by atoms with E-state index in [0.717, 1.165) is 0 Å². The molecule has 14 heavy (non-hydrogen) atoms. The van der Waals surface area contributed by atoms with E-state index in [1.807, 2.05) is 25.9 Å². The Labute approximate surface area is 86.7 Å². The summed E-state index contributed by atoms with van der Waals surface area (Å²) in [6.07, 6.45) is 0.549. The van der Waals surface area contributed by atoms with E-state index >= 15 is 0 Å². The second kappa shape index (κ2) is 6.34. The van der Waals surface area contributed by atoms with Gasteiger partial charge in [0.25, 0.3) is 0 Å². The first kappa shape index (κ1) is 13.8. The van der Waals surface area contributed by atoms with Crippen molar-refractivity contribution in [2.75, 3.05) is 33.7 Å². The third kappa shape index (κ3) is 4.90. The zero-order chi connectivity index (χ0) is 11.2. The fraction of sp³-hybridized carbons (Fsp3) is 1.00. The fourth-order valence-electron chi connectivity index (χ4n) is 1.04. The molecule has 0 heterocycles. The first-order valence-electron chi connectivity index (χ1n) is 4.77. The quantitative estimate of drug-likeness (QED) is 0.593. The Hall–Kier alpha value is -0.170. The Bertz CT molecular complexity index is 235. The van der Waals surface area contributed by atoms with Crippen molar-refractivity contribution in [2.24, 2.45) is 5.73 Å². The molecule has 0 rings (SSSR count). The molecule has 0 aliphatic rings. The highest BCUT2D eigenvalue weighted by Crippen LogP contribution is 2.01. The molecule has 5 nitrogen and oxygen atoms in total. The molecule has 3 N–H and O–H groups in total. The Morgan fingerprint density at radius 2 is 2.00 bits per heavy atom. The molecule has 0 aromatic rings. The maximum Gasteiger partial charge on any atom is 0.215 e. The van der Waals surface area contributed by atoms with Gasteiger partial charge < -0.3 is 10.6 Å². The molecule has 0 aliphatic heterocycles. The lowest BCUT2D eigenvalue weighted by Gasteiger charge is -2.16. The number of hydrogen-bond donors (Lipinski definition) is 2. The lowest BCUT2D eigenvalue weighted by atomic mass is 10.3. The van der Waals surface area contributed by atoms with Gasteiger partial charge >= 0.3 is 0 Å². The minimum absolute atomic E-state index is 0.174. The molecular weight excluding hydrogens is 202 g/mol. The molecule has 0 saturated heterocycles. The van der Waals surface area contributed by atoms with E-state index in [0.29, 0.717) is 19.5 Å². The van der Waals surface area contributed by atoms with Gasteiger partial charge in [-0.15, -0.1) is 0 Å². The second-order valence-electron chi connectivity index (χ2n) is 3.51. The number of hydrogen-bond acceptors (Lipinski definition) is 4. The normalized spacial score (nSPS) is 14.6. The van der Waals surface area contributed by atoms with Gasteiger partial charge in [-0.25, -0.2) is 13.1 Å². The van der Waals surface area contributed by atoms with Crippen LogP contribution in [0.3, 0.4) is 0 Å². The van der Waals surface area contributed by atoms with E-state index in [-0.39, 0.29) is 6.54 Å². The molecule has 0 aromatic carbocycles. The Morgan fingerprint density at radius 3 is 2.36 bits per heavy atom. The third-order valence-corrected chi connectivity index (χ3v) is 4.03. The highest BCUT2D eigenvalue weighted by Gasteiger charge is 2.21. The van der Waals surface area contributed by atoms with Crippen molar-refractivity contribution in [3.63, 3.8) is 0 Å². The van der Waals surface area contributed by atoms with Crippen LogP contribution in [-0.2, 0) is 10.0 Å². The van der Waals surface area contributed by atoms with E-state index in [2.05, 4.69) is 4.72 Å². The van der Waals surface area contributed by atoms with E-state index < -0.39 is 15.3 Å². The van der Waals surface area contributed by atoms with Gasteiger partial charge in [0, 0.05) is 19.6 Å². The minimum Gasteiger partial charge on any atom is -0.329 e. The summed E-state index contributed by atoms with van der Waals surface area (Å²) in [5.74, 6) is 0. The monoisotopic (exact) mass is 223 g/mol. The molecule has 0 radical (unpaired) electrons. The molecule has 0 fully saturated rings. The van der Waals surface area contributed by atoms with Crippen molar-refractivity contribution < 1.29 is 8.42 Å². The summed E-state index contributed by atoms with van der Waals surface area (Å²) in [7, 11) is 0.575. The highest BCUT2D eigenvalue weighted by atomic mass is 32.2. The Kier molecular flexibility index (Phi) is 6.26. The summed E-state index contributed by atoms with van der Waals surface area (Å²) < 4.78 is 25.7. The minimum atomic E-state index is -3.22. The van der Waals surface area contributed by atoms with Crippen LogP contribution in [-0.4, -0.2) is 52.3 Å². The standard InChI is InChI=1S/C8H21N3O2S/c1-4-8(7-9)14(12,13)10-5-6-11(2)3/h8,10H,4-7,9H2,1-3H3. The van der Waals surface area contributed by atoms with Crippen molar-refractivity contribution in [3.05, 3.63) is 0 Å². The Morgan fingerprint density at radius 1 is 1.43 bits per heavy atom. The number of sulfonamides is 1. The molecule has 0 amide bonds. The van der Waals surface area contributed by atoms with Crippen molar-refractivity contribution >= 4 is 10.0 Å². The summed E-state index contributed by atoms with van der Waals surface area (Å²) in [6, 6.07) is 0. The van der Waals surface area contributed by atoms with Crippen LogP contribution >= 0.6 is 0 Å². The first-order valence-corrected chi connectivity index (χ1v) is 6.32. The predicted octanol–water partition coefficient (Wildman–Crippen LogP) is -0.795. The fourth-order valence-corrected chi connectivity index (χ4v) is 2.35. The summed E-state index contributed by atoms with van der Waals surface area (Å²) >= 11 is 0. The molecule has 0 aliphatic carbocycles. The van der Waals surface area contributed by atoms with Gasteiger partial charge in [0.15, 0.2) is 0 Å². The van der Waals surface area contributed by atoms with Crippen LogP contribution in [0.2, 0.25) is 0 Å². The number of nitrogens with two attached hydrogens (primary N) is 1. The van der Waals surface area contributed by atoms with E-state index in [1.165, 1.54) is 0 Å². The van der Waals surface area contributed by atoms with E-state index in [1.54, 1.807) is 0 Å². The average Bonchev–Trinajstić information content (AvgIpc) is 2.04. The van der Waals surface area contributed by atoms with Gasteiger partial charge in [-0.3, -0.25) is 0 Å². The maximum absolute atomic E-state index is 11.6. The number of rotatable bonds is 7. The molecule has 6 heteroatoms. The summed E-state index contributed by atoms with van der Waals surface area (Å²) in [5, 5.41) is -0.468. The van der Waals surface area contributed by atoms with Crippen molar-refractivity contribution in [1.29, 1.82) is 0 Å². The van der Waals surface area contributed by atoms with Gasteiger partial charge in [0.05, 0.1) is 5.25 Å². The molecule has 0 saturated carbocycles. The lowest BCUT2D eigenvalue weighted by Crippen LogP contribution is -2.41. The van der Waals surface area contributed by atoms with Gasteiger partial charge in [0.2, 0.25) is 10.0 Å². The van der Waals surface area contributed by atoms with Crippen molar-refractivity contribution in [1.82, 2.24) is 9.62 Å². The van der Waals surface area contributed by atoms with Crippen LogP contribution < -0.4 is 10.5 Å². The maximum atomic E-state index is 11.6. The van der Waals surface area contributed by atoms with Gasteiger partial charge in [0.1, 0.15) is 0 Å². The zero-order valence-corrected chi connectivity index (χ0v) is 9.97.